The van der Waals surface area contributed by atoms with Crippen LogP contribution in [0.3, 0.4) is 0 Å². The van der Waals surface area contributed by atoms with Gasteiger partial charge < -0.3 is 16.4 Å². The molecule has 5 rings (SSSR count). The summed E-state index contributed by atoms with van der Waals surface area (Å²) in [6, 6.07) is 14.5. The van der Waals surface area contributed by atoms with Crippen molar-refractivity contribution in [2.45, 2.75) is 37.8 Å². The van der Waals surface area contributed by atoms with Crippen molar-refractivity contribution < 1.29 is 19.2 Å². The molecular formula is C26H29N5O4. The summed E-state index contributed by atoms with van der Waals surface area (Å²) in [4.78, 5) is 53.2. The summed E-state index contributed by atoms with van der Waals surface area (Å²) in [7, 11) is 0. The average Bonchev–Trinajstić information content (AvgIpc) is 3.33. The Kier molecular flexibility index (Phi) is 6.02. The van der Waals surface area contributed by atoms with E-state index in [1.54, 1.807) is 12.1 Å². The number of hydrogen-bond donors (Lipinski definition) is 3. The van der Waals surface area contributed by atoms with Crippen molar-refractivity contribution in [3.63, 3.8) is 0 Å². The topological polar surface area (TPSA) is 125 Å². The van der Waals surface area contributed by atoms with E-state index < -0.39 is 17.5 Å². The molecule has 2 fully saturated rings. The molecule has 2 aromatic carbocycles. The van der Waals surface area contributed by atoms with E-state index in [1.807, 2.05) is 36.4 Å². The molecule has 5 amide bonds. The minimum atomic E-state index is -1.07. The van der Waals surface area contributed by atoms with Gasteiger partial charge in [0, 0.05) is 18.8 Å². The first-order chi connectivity index (χ1) is 16.9. The summed E-state index contributed by atoms with van der Waals surface area (Å²) >= 11 is 0. The predicted octanol–water partition coefficient (Wildman–Crippen LogP) is 1.72. The number of anilines is 1. The van der Waals surface area contributed by atoms with Gasteiger partial charge in [0.25, 0.3) is 5.91 Å². The van der Waals surface area contributed by atoms with E-state index >= 15 is 0 Å². The first kappa shape index (κ1) is 23.0. The zero-order valence-electron chi connectivity index (χ0n) is 19.5. The second kappa shape index (κ2) is 9.14. The number of aryl methyl sites for hydroxylation is 1. The van der Waals surface area contributed by atoms with Crippen molar-refractivity contribution in [2.24, 2.45) is 11.7 Å². The van der Waals surface area contributed by atoms with Crippen molar-refractivity contribution in [2.75, 3.05) is 25.0 Å². The molecule has 2 aromatic rings. The number of nitrogens with one attached hydrogen (secondary N) is 2. The summed E-state index contributed by atoms with van der Waals surface area (Å²) in [5.74, 6) is -1.18. The molecule has 0 bridgehead atoms. The van der Waals surface area contributed by atoms with E-state index in [0.717, 1.165) is 41.0 Å². The fraction of sp³-hybridized carbons (Fsp3) is 0.385. The molecule has 1 spiro atoms. The molecule has 9 heteroatoms. The largest absolute Gasteiger partial charge is 0.369 e. The molecule has 4 N–H and O–H groups in total. The normalized spacial score (nSPS) is 23.9. The number of benzene rings is 2. The van der Waals surface area contributed by atoms with E-state index in [2.05, 4.69) is 15.5 Å². The molecule has 2 atom stereocenters. The third kappa shape index (κ3) is 4.39. The van der Waals surface area contributed by atoms with Crippen LogP contribution >= 0.6 is 0 Å². The van der Waals surface area contributed by atoms with Crippen LogP contribution in [0.1, 0.15) is 36.0 Å². The lowest BCUT2D eigenvalue weighted by molar-refractivity contribution is -0.134. The van der Waals surface area contributed by atoms with E-state index in [-0.39, 0.29) is 24.3 Å². The van der Waals surface area contributed by atoms with Gasteiger partial charge in [0.1, 0.15) is 12.1 Å². The van der Waals surface area contributed by atoms with Crippen LogP contribution in [0.15, 0.2) is 48.5 Å². The van der Waals surface area contributed by atoms with Gasteiger partial charge in [-0.05, 0) is 61.1 Å². The molecule has 2 unspecified atom stereocenters. The Labute approximate surface area is 203 Å². The number of imide groups is 1. The first-order valence-corrected chi connectivity index (χ1v) is 12.0. The monoisotopic (exact) mass is 475 g/mol. The number of nitrogens with zero attached hydrogens (tertiary/aromatic N) is 2. The molecule has 9 nitrogen and oxygen atoms in total. The molecule has 182 valence electrons. The van der Waals surface area contributed by atoms with Gasteiger partial charge in [-0.25, -0.2) is 4.79 Å². The molecule has 0 saturated carbocycles. The van der Waals surface area contributed by atoms with Gasteiger partial charge in [0.05, 0.1) is 5.92 Å². The van der Waals surface area contributed by atoms with E-state index in [9.17, 15) is 19.2 Å². The Morgan fingerprint density at radius 3 is 2.66 bits per heavy atom. The van der Waals surface area contributed by atoms with Crippen LogP contribution in [-0.2, 0) is 32.9 Å². The number of hydrogen-bond acceptors (Lipinski definition) is 5. The highest BCUT2D eigenvalue weighted by Gasteiger charge is 2.55. The Morgan fingerprint density at radius 1 is 1.11 bits per heavy atom. The van der Waals surface area contributed by atoms with E-state index in [1.165, 1.54) is 0 Å². The highest BCUT2D eigenvalue weighted by molar-refractivity contribution is 6.10. The standard InChI is InChI=1S/C26H29N5O4/c27-23(33)19-5-3-13-30(15-19)14-17-7-9-20(10-8-17)28-22(32)16-31-24(34)26(29-25(31)35)12-11-18-4-1-2-6-21(18)26/h1-2,4,6-10,19H,3,5,11-16H2,(H2,27,33)(H,28,32)(H,29,35). The molecule has 3 aliphatic rings. The number of urea groups is 1. The summed E-state index contributed by atoms with van der Waals surface area (Å²) in [6.45, 7) is 1.93. The van der Waals surface area contributed by atoms with Crippen LogP contribution in [-0.4, -0.2) is 53.2 Å². The minimum absolute atomic E-state index is 0.107. The molecule has 35 heavy (non-hydrogen) atoms. The number of piperidine rings is 1. The number of nitrogens with two attached hydrogens (primary N) is 1. The number of carbonyl (C=O) groups excluding carboxylic acids is 4. The fourth-order valence-electron chi connectivity index (χ4n) is 5.46. The second-order valence-electron chi connectivity index (χ2n) is 9.61. The smallest absolute Gasteiger partial charge is 0.325 e. The van der Waals surface area contributed by atoms with Gasteiger partial charge in [-0.15, -0.1) is 0 Å². The molecular weight excluding hydrogens is 446 g/mol. The van der Waals surface area contributed by atoms with Crippen molar-refractivity contribution in [1.29, 1.82) is 0 Å². The Bertz CT molecular complexity index is 1180. The number of rotatable bonds is 6. The molecule has 0 aromatic heterocycles. The number of amides is 5. The SMILES string of the molecule is NC(=O)C1CCCN(Cc2ccc(NC(=O)CN3C(=O)NC4(CCc5ccccc54)C3=O)cc2)C1. The van der Waals surface area contributed by atoms with Crippen molar-refractivity contribution in [1.82, 2.24) is 15.1 Å². The van der Waals surface area contributed by atoms with Crippen LogP contribution in [0.25, 0.3) is 0 Å². The summed E-state index contributed by atoms with van der Waals surface area (Å²) < 4.78 is 0. The van der Waals surface area contributed by atoms with Crippen molar-refractivity contribution in [3.8, 4) is 0 Å². The zero-order valence-corrected chi connectivity index (χ0v) is 19.5. The first-order valence-electron chi connectivity index (χ1n) is 12.0. The molecule has 1 aliphatic carbocycles. The third-order valence-electron chi connectivity index (χ3n) is 7.28. The average molecular weight is 476 g/mol. The summed E-state index contributed by atoms with van der Waals surface area (Å²) in [6.07, 6.45) is 2.97. The fourth-order valence-corrected chi connectivity index (χ4v) is 5.46. The number of primary amides is 1. The van der Waals surface area contributed by atoms with Gasteiger partial charge in [0.15, 0.2) is 0 Å². The van der Waals surface area contributed by atoms with Gasteiger partial charge >= 0.3 is 6.03 Å². The van der Waals surface area contributed by atoms with E-state index in [0.29, 0.717) is 31.6 Å². The maximum absolute atomic E-state index is 13.2. The molecule has 2 aliphatic heterocycles. The van der Waals surface area contributed by atoms with E-state index in [4.69, 9.17) is 5.73 Å². The highest BCUT2D eigenvalue weighted by Crippen LogP contribution is 2.41. The lowest BCUT2D eigenvalue weighted by atomic mass is 9.92. The third-order valence-corrected chi connectivity index (χ3v) is 7.28. The highest BCUT2D eigenvalue weighted by atomic mass is 16.2. The summed E-state index contributed by atoms with van der Waals surface area (Å²) in [5, 5.41) is 5.61. The maximum atomic E-state index is 13.2. The minimum Gasteiger partial charge on any atom is -0.369 e. The number of carbonyl (C=O) groups is 4. The second-order valence-corrected chi connectivity index (χ2v) is 9.61. The molecule has 2 saturated heterocycles. The Balaban J connectivity index is 1.18. The van der Waals surface area contributed by atoms with Crippen molar-refractivity contribution >= 4 is 29.4 Å². The van der Waals surface area contributed by atoms with Crippen molar-refractivity contribution in [3.05, 3.63) is 65.2 Å². The van der Waals surface area contributed by atoms with Gasteiger partial charge in [-0.1, -0.05) is 36.4 Å². The molecule has 0 radical (unpaired) electrons. The lowest BCUT2D eigenvalue weighted by Gasteiger charge is -2.31. The molecule has 2 heterocycles. The number of likely N-dealkylation sites (tertiary alicyclic amines) is 1. The number of fused-ring (bicyclic) bond motifs is 2. The zero-order chi connectivity index (χ0) is 24.6. The Morgan fingerprint density at radius 2 is 1.89 bits per heavy atom. The van der Waals surface area contributed by atoms with Gasteiger partial charge in [0.2, 0.25) is 11.8 Å². The quantitative estimate of drug-likeness (QED) is 0.549. The predicted molar refractivity (Wildman–Crippen MR) is 129 cm³/mol. The van der Waals surface area contributed by atoms with Gasteiger partial charge in [-0.3, -0.25) is 24.2 Å². The lowest BCUT2D eigenvalue weighted by Crippen LogP contribution is -2.43. The maximum Gasteiger partial charge on any atom is 0.325 e. The van der Waals surface area contributed by atoms with Crippen LogP contribution < -0.4 is 16.4 Å². The van der Waals surface area contributed by atoms with Crippen LogP contribution in [0, 0.1) is 5.92 Å². The van der Waals surface area contributed by atoms with Crippen LogP contribution in [0.4, 0.5) is 10.5 Å². The summed E-state index contributed by atoms with van der Waals surface area (Å²) in [5.41, 5.74) is 7.89. The van der Waals surface area contributed by atoms with Crippen LogP contribution in [0.2, 0.25) is 0 Å². The van der Waals surface area contributed by atoms with Crippen LogP contribution in [0.5, 0.6) is 0 Å². The Hall–Kier alpha value is -3.72. The van der Waals surface area contributed by atoms with Gasteiger partial charge in [-0.2, -0.15) is 0 Å².